The number of allylic oxidation sites excluding steroid dienone is 1. The van der Waals surface area contributed by atoms with E-state index in [4.69, 9.17) is 5.73 Å². The van der Waals surface area contributed by atoms with Gasteiger partial charge in [-0.3, -0.25) is 0 Å². The van der Waals surface area contributed by atoms with Crippen LogP contribution in [0.25, 0.3) is 0 Å². The van der Waals surface area contributed by atoms with E-state index in [-0.39, 0.29) is 5.82 Å². The lowest BCUT2D eigenvalue weighted by Gasteiger charge is -2.20. The summed E-state index contributed by atoms with van der Waals surface area (Å²) in [7, 11) is 0. The zero-order valence-corrected chi connectivity index (χ0v) is 14.1. The molecule has 2 aromatic rings. The second-order valence-electron chi connectivity index (χ2n) is 6.45. The zero-order chi connectivity index (χ0) is 16.9. The van der Waals surface area contributed by atoms with Gasteiger partial charge in [0.2, 0.25) is 0 Å². The van der Waals surface area contributed by atoms with Crippen LogP contribution in [0, 0.1) is 12.7 Å². The van der Waals surface area contributed by atoms with Gasteiger partial charge < -0.3 is 11.1 Å². The molecule has 126 valence electrons. The topological polar surface area (TPSA) is 50.9 Å². The molecule has 3 N–H and O–H groups in total. The molecule has 1 atom stereocenters. The van der Waals surface area contributed by atoms with Gasteiger partial charge in [0.1, 0.15) is 11.6 Å². The van der Waals surface area contributed by atoms with Crippen LogP contribution >= 0.6 is 0 Å². The van der Waals surface area contributed by atoms with Gasteiger partial charge in [0, 0.05) is 30.8 Å². The zero-order valence-electron chi connectivity index (χ0n) is 14.1. The number of hydrogen-bond donors (Lipinski definition) is 2. The average molecular weight is 325 g/mol. The molecule has 1 unspecified atom stereocenters. The van der Waals surface area contributed by atoms with Crippen molar-refractivity contribution < 1.29 is 4.39 Å². The Balaban J connectivity index is 1.78. The van der Waals surface area contributed by atoms with Gasteiger partial charge in [-0.2, -0.15) is 0 Å². The van der Waals surface area contributed by atoms with E-state index in [0.29, 0.717) is 30.4 Å². The number of anilines is 1. The van der Waals surface area contributed by atoms with Crippen LogP contribution < -0.4 is 11.1 Å². The lowest BCUT2D eigenvalue weighted by molar-refractivity contribution is 0.521. The average Bonchev–Trinajstić information content (AvgIpc) is 2.58. The summed E-state index contributed by atoms with van der Waals surface area (Å²) in [5.74, 6) is 0.354. The third kappa shape index (κ3) is 4.01. The number of nitrogens with one attached hydrogen (secondary N) is 1. The van der Waals surface area contributed by atoms with Crippen LogP contribution in [-0.2, 0) is 13.0 Å². The molecule has 3 nitrogen and oxygen atoms in total. The number of benzene rings is 1. The smallest absolute Gasteiger partial charge is 0.128 e. The molecule has 0 amide bonds. The Labute approximate surface area is 142 Å². The second-order valence-corrected chi connectivity index (χ2v) is 6.45. The fourth-order valence-corrected chi connectivity index (χ4v) is 3.14. The number of pyridine rings is 1. The summed E-state index contributed by atoms with van der Waals surface area (Å²) in [6.45, 7) is 2.54. The number of rotatable bonds is 5. The predicted molar refractivity (Wildman–Crippen MR) is 96.2 cm³/mol. The minimum Gasteiger partial charge on any atom is -0.383 e. The van der Waals surface area contributed by atoms with Crippen LogP contribution in [0.15, 0.2) is 42.6 Å². The minimum absolute atomic E-state index is 0.167. The lowest BCUT2D eigenvalue weighted by atomic mass is 9.98. The number of nitrogens with two attached hydrogens (primary N) is 1. The van der Waals surface area contributed by atoms with Gasteiger partial charge in [-0.05, 0) is 55.0 Å². The first-order valence-corrected chi connectivity index (χ1v) is 8.51. The molecule has 1 aromatic heterocycles. The van der Waals surface area contributed by atoms with Gasteiger partial charge in [0.05, 0.1) is 0 Å². The van der Waals surface area contributed by atoms with E-state index in [0.717, 1.165) is 29.5 Å². The molecule has 24 heavy (non-hydrogen) atoms. The molecule has 3 rings (SSSR count). The Morgan fingerprint density at radius 2 is 2.17 bits per heavy atom. The molecule has 0 saturated heterocycles. The van der Waals surface area contributed by atoms with E-state index in [1.54, 1.807) is 12.3 Å². The van der Waals surface area contributed by atoms with Crippen molar-refractivity contribution >= 4 is 5.82 Å². The normalized spacial score (nSPS) is 17.2. The number of aryl methyl sites for hydroxylation is 1. The van der Waals surface area contributed by atoms with E-state index in [1.807, 2.05) is 25.1 Å². The SMILES string of the molecule is Cc1ccc(Cc2ccnc(N)c2CNC2C=CCCC2)c(F)c1. The lowest BCUT2D eigenvalue weighted by Crippen LogP contribution is -2.28. The van der Waals surface area contributed by atoms with E-state index in [2.05, 4.69) is 22.5 Å². The summed E-state index contributed by atoms with van der Waals surface area (Å²) in [4.78, 5) is 4.21. The molecule has 0 saturated carbocycles. The van der Waals surface area contributed by atoms with Crippen molar-refractivity contribution in [1.82, 2.24) is 10.3 Å². The van der Waals surface area contributed by atoms with Crippen LogP contribution in [0.5, 0.6) is 0 Å². The maximum Gasteiger partial charge on any atom is 0.128 e. The molecule has 0 fully saturated rings. The molecular formula is C20H24FN3. The Morgan fingerprint density at radius 3 is 2.92 bits per heavy atom. The third-order valence-electron chi connectivity index (χ3n) is 4.57. The molecule has 1 aliphatic carbocycles. The molecule has 1 heterocycles. The largest absolute Gasteiger partial charge is 0.383 e. The van der Waals surface area contributed by atoms with Crippen molar-refractivity contribution in [3.05, 3.63) is 70.7 Å². The maximum atomic E-state index is 14.2. The van der Waals surface area contributed by atoms with Crippen molar-refractivity contribution in [3.63, 3.8) is 0 Å². The van der Waals surface area contributed by atoms with Crippen LogP contribution in [-0.4, -0.2) is 11.0 Å². The number of nitrogens with zero attached hydrogens (tertiary/aromatic N) is 1. The quantitative estimate of drug-likeness (QED) is 0.820. The Hall–Kier alpha value is -2.20. The first kappa shape index (κ1) is 16.7. The molecule has 0 aliphatic heterocycles. The summed E-state index contributed by atoms with van der Waals surface area (Å²) >= 11 is 0. The van der Waals surface area contributed by atoms with Crippen LogP contribution in [0.2, 0.25) is 0 Å². The van der Waals surface area contributed by atoms with E-state index < -0.39 is 0 Å². The fourth-order valence-electron chi connectivity index (χ4n) is 3.14. The minimum atomic E-state index is -0.167. The molecule has 1 aliphatic rings. The summed E-state index contributed by atoms with van der Waals surface area (Å²) < 4.78 is 14.2. The first-order valence-electron chi connectivity index (χ1n) is 8.51. The predicted octanol–water partition coefficient (Wildman–Crippen LogP) is 3.90. The molecule has 1 aromatic carbocycles. The number of halogens is 1. The van der Waals surface area contributed by atoms with E-state index >= 15 is 0 Å². The third-order valence-corrected chi connectivity index (χ3v) is 4.57. The van der Waals surface area contributed by atoms with Gasteiger partial charge in [-0.15, -0.1) is 0 Å². The molecule has 0 spiro atoms. The van der Waals surface area contributed by atoms with Crippen molar-refractivity contribution in [1.29, 1.82) is 0 Å². The van der Waals surface area contributed by atoms with Crippen LogP contribution in [0.4, 0.5) is 10.2 Å². The highest BCUT2D eigenvalue weighted by molar-refractivity contribution is 5.46. The molecule has 4 heteroatoms. The second kappa shape index (κ2) is 7.58. The Bertz CT molecular complexity index is 740. The summed E-state index contributed by atoms with van der Waals surface area (Å²) in [6, 6.07) is 7.67. The standard InChI is InChI=1S/C20H24FN3/c1-14-7-8-16(19(21)11-14)12-15-9-10-23-20(22)18(15)13-24-17-5-3-2-4-6-17/h3,5,7-11,17,24H,2,4,6,12-13H2,1H3,(H2,22,23). The number of nitrogen functional groups attached to an aromatic ring is 1. The number of hydrogen-bond acceptors (Lipinski definition) is 3. The summed E-state index contributed by atoms with van der Waals surface area (Å²) in [5.41, 5.74) is 9.70. The number of aromatic nitrogens is 1. The first-order chi connectivity index (χ1) is 11.6. The Morgan fingerprint density at radius 1 is 1.29 bits per heavy atom. The molecule has 0 radical (unpaired) electrons. The van der Waals surface area contributed by atoms with Crippen molar-refractivity contribution in [2.24, 2.45) is 0 Å². The van der Waals surface area contributed by atoms with Crippen molar-refractivity contribution in [3.8, 4) is 0 Å². The van der Waals surface area contributed by atoms with Gasteiger partial charge in [0.25, 0.3) is 0 Å². The van der Waals surface area contributed by atoms with Crippen molar-refractivity contribution in [2.45, 2.75) is 45.2 Å². The van der Waals surface area contributed by atoms with E-state index in [9.17, 15) is 4.39 Å². The van der Waals surface area contributed by atoms with Crippen LogP contribution in [0.1, 0.15) is 41.5 Å². The summed E-state index contributed by atoms with van der Waals surface area (Å²) in [6.07, 6.45) is 10.2. The van der Waals surface area contributed by atoms with Gasteiger partial charge in [-0.25, -0.2) is 9.37 Å². The Kier molecular flexibility index (Phi) is 5.26. The van der Waals surface area contributed by atoms with Gasteiger partial charge >= 0.3 is 0 Å². The highest BCUT2D eigenvalue weighted by Gasteiger charge is 2.13. The molecule has 0 bridgehead atoms. The highest BCUT2D eigenvalue weighted by Crippen LogP contribution is 2.21. The summed E-state index contributed by atoms with van der Waals surface area (Å²) in [5, 5.41) is 3.53. The van der Waals surface area contributed by atoms with Gasteiger partial charge in [0.15, 0.2) is 0 Å². The van der Waals surface area contributed by atoms with E-state index in [1.165, 1.54) is 6.42 Å². The fraction of sp³-hybridized carbons (Fsp3) is 0.350. The maximum absolute atomic E-state index is 14.2. The van der Waals surface area contributed by atoms with Crippen LogP contribution in [0.3, 0.4) is 0 Å². The van der Waals surface area contributed by atoms with Gasteiger partial charge in [-0.1, -0.05) is 24.3 Å². The molecular weight excluding hydrogens is 301 g/mol. The monoisotopic (exact) mass is 325 g/mol. The highest BCUT2D eigenvalue weighted by atomic mass is 19.1. The van der Waals surface area contributed by atoms with Crippen molar-refractivity contribution in [2.75, 3.05) is 5.73 Å².